The van der Waals surface area contributed by atoms with Crippen molar-refractivity contribution in [2.75, 3.05) is 64.1 Å². The lowest BCUT2D eigenvalue weighted by Gasteiger charge is -2.32. The summed E-state index contributed by atoms with van der Waals surface area (Å²) in [6, 6.07) is 11.0. The van der Waals surface area contributed by atoms with Gasteiger partial charge >= 0.3 is 6.03 Å². The standard InChI is InChI=1S/C30H37N7O4S/c1-30(2,3)23-18-41-35-27(23)34-29(38)33-20-7-6-8-21(15-20)42-28-22-16-26(25(39-5)17-24(22)31-19-32-28)40-14-13-37-11-9-36(4)10-12-37/h6-8,15-19H,9-14H2,1-5H3,(H2,33,34,35,38). The molecule has 0 spiro atoms. The Labute approximate surface area is 250 Å². The maximum atomic E-state index is 12.7. The highest BCUT2D eigenvalue weighted by molar-refractivity contribution is 7.99. The topological polar surface area (TPSA) is 118 Å². The Balaban J connectivity index is 1.28. The number of ether oxygens (including phenoxy) is 2. The monoisotopic (exact) mass is 591 g/mol. The third-order valence-electron chi connectivity index (χ3n) is 7.06. The zero-order valence-corrected chi connectivity index (χ0v) is 25.5. The largest absolute Gasteiger partial charge is 0.493 e. The molecule has 5 rings (SSSR count). The molecule has 2 aromatic carbocycles. The summed E-state index contributed by atoms with van der Waals surface area (Å²) in [7, 11) is 3.78. The Hall–Kier alpha value is -3.87. The van der Waals surface area contributed by atoms with Gasteiger partial charge in [-0.15, -0.1) is 0 Å². The number of carbonyl (C=O) groups is 1. The predicted octanol–water partition coefficient (Wildman–Crippen LogP) is 5.35. The van der Waals surface area contributed by atoms with Crippen LogP contribution in [0.1, 0.15) is 26.3 Å². The molecular weight excluding hydrogens is 554 g/mol. The average Bonchev–Trinajstić information content (AvgIpc) is 3.43. The molecule has 11 nitrogen and oxygen atoms in total. The smallest absolute Gasteiger partial charge is 0.324 e. The third-order valence-corrected chi connectivity index (χ3v) is 8.07. The normalized spacial score (nSPS) is 14.6. The molecule has 42 heavy (non-hydrogen) atoms. The second-order valence-electron chi connectivity index (χ2n) is 11.2. The lowest BCUT2D eigenvalue weighted by molar-refractivity contribution is 0.133. The number of fused-ring (bicyclic) bond motifs is 1. The molecule has 4 aromatic rings. The van der Waals surface area contributed by atoms with Gasteiger partial charge in [-0.05, 0) is 36.7 Å². The van der Waals surface area contributed by atoms with E-state index in [0.717, 1.165) is 59.1 Å². The number of benzene rings is 2. The average molecular weight is 592 g/mol. The van der Waals surface area contributed by atoms with E-state index in [1.54, 1.807) is 13.4 Å². The lowest BCUT2D eigenvalue weighted by atomic mass is 9.89. The molecule has 1 fully saturated rings. The van der Waals surface area contributed by atoms with E-state index in [1.165, 1.54) is 18.1 Å². The van der Waals surface area contributed by atoms with Gasteiger partial charge in [0.2, 0.25) is 0 Å². The van der Waals surface area contributed by atoms with E-state index in [0.29, 0.717) is 29.6 Å². The van der Waals surface area contributed by atoms with Crippen molar-refractivity contribution in [3.8, 4) is 11.5 Å². The number of rotatable bonds is 9. The summed E-state index contributed by atoms with van der Waals surface area (Å²) >= 11 is 1.48. The van der Waals surface area contributed by atoms with Gasteiger partial charge in [0.25, 0.3) is 0 Å². The van der Waals surface area contributed by atoms with Crippen LogP contribution in [0, 0.1) is 0 Å². The molecule has 2 aromatic heterocycles. The molecule has 222 valence electrons. The van der Waals surface area contributed by atoms with Crippen LogP contribution in [0.3, 0.4) is 0 Å². The van der Waals surface area contributed by atoms with Crippen molar-refractivity contribution in [1.82, 2.24) is 24.9 Å². The second-order valence-corrected chi connectivity index (χ2v) is 12.3. The fraction of sp³-hybridized carbons (Fsp3) is 0.400. The predicted molar refractivity (Wildman–Crippen MR) is 164 cm³/mol. The summed E-state index contributed by atoms with van der Waals surface area (Å²) in [5, 5.41) is 11.2. The van der Waals surface area contributed by atoms with Crippen molar-refractivity contribution >= 4 is 40.2 Å². The van der Waals surface area contributed by atoms with E-state index in [9.17, 15) is 4.79 Å². The Morgan fingerprint density at radius 1 is 1.07 bits per heavy atom. The van der Waals surface area contributed by atoms with Crippen LogP contribution in [0.2, 0.25) is 0 Å². The number of urea groups is 1. The zero-order chi connectivity index (χ0) is 29.7. The number of nitrogens with one attached hydrogen (secondary N) is 2. The number of amides is 2. The highest BCUT2D eigenvalue weighted by atomic mass is 32.2. The fourth-order valence-electron chi connectivity index (χ4n) is 4.63. The highest BCUT2D eigenvalue weighted by Crippen LogP contribution is 2.38. The highest BCUT2D eigenvalue weighted by Gasteiger charge is 2.23. The minimum Gasteiger partial charge on any atom is -0.493 e. The lowest BCUT2D eigenvalue weighted by Crippen LogP contribution is -2.45. The van der Waals surface area contributed by atoms with Crippen LogP contribution >= 0.6 is 11.8 Å². The Bertz CT molecular complexity index is 1530. The summed E-state index contributed by atoms with van der Waals surface area (Å²) in [5.41, 5.74) is 1.98. The summed E-state index contributed by atoms with van der Waals surface area (Å²) in [6.45, 7) is 11.7. The van der Waals surface area contributed by atoms with Crippen LogP contribution < -0.4 is 20.1 Å². The molecule has 0 aliphatic carbocycles. The third kappa shape index (κ3) is 7.30. The molecule has 0 atom stereocenters. The number of carbonyl (C=O) groups excluding carboxylic acids is 1. The SMILES string of the molecule is COc1cc2ncnc(Sc3cccc(NC(=O)Nc4nocc4C(C)(C)C)c3)c2cc1OCCN1CCN(C)CC1. The van der Waals surface area contributed by atoms with E-state index in [2.05, 4.69) is 42.6 Å². The minimum absolute atomic E-state index is 0.223. The van der Waals surface area contributed by atoms with Crippen LogP contribution in [0.25, 0.3) is 10.9 Å². The number of likely N-dealkylation sites (N-methyl/N-ethyl adjacent to an activating group) is 1. The van der Waals surface area contributed by atoms with Crippen molar-refractivity contribution in [3.05, 3.63) is 54.6 Å². The Kier molecular flexibility index (Phi) is 9.15. The maximum Gasteiger partial charge on any atom is 0.324 e. The molecule has 3 heterocycles. The quantitative estimate of drug-likeness (QED) is 0.247. The summed E-state index contributed by atoms with van der Waals surface area (Å²) in [4.78, 5) is 27.4. The minimum atomic E-state index is -0.408. The zero-order valence-electron chi connectivity index (χ0n) is 24.6. The fourth-order valence-corrected chi connectivity index (χ4v) is 5.56. The van der Waals surface area contributed by atoms with Gasteiger partial charge in [-0.2, -0.15) is 0 Å². The van der Waals surface area contributed by atoms with Crippen LogP contribution in [0.15, 0.2) is 63.4 Å². The van der Waals surface area contributed by atoms with Crippen molar-refractivity contribution in [1.29, 1.82) is 0 Å². The van der Waals surface area contributed by atoms with Crippen molar-refractivity contribution in [3.63, 3.8) is 0 Å². The van der Waals surface area contributed by atoms with Crippen molar-refractivity contribution in [2.24, 2.45) is 0 Å². The molecule has 1 saturated heterocycles. The van der Waals surface area contributed by atoms with E-state index >= 15 is 0 Å². The van der Waals surface area contributed by atoms with E-state index < -0.39 is 6.03 Å². The second kappa shape index (κ2) is 13.0. The number of anilines is 2. The van der Waals surface area contributed by atoms with Gasteiger partial charge in [0.1, 0.15) is 24.2 Å². The van der Waals surface area contributed by atoms with Crippen molar-refractivity contribution < 1.29 is 18.8 Å². The Morgan fingerprint density at radius 3 is 2.64 bits per heavy atom. The van der Waals surface area contributed by atoms with Gasteiger partial charge in [-0.25, -0.2) is 14.8 Å². The summed E-state index contributed by atoms with van der Waals surface area (Å²) < 4.78 is 16.9. The van der Waals surface area contributed by atoms with E-state index in [-0.39, 0.29) is 5.41 Å². The number of methoxy groups -OCH3 is 1. The number of aromatic nitrogens is 3. The molecule has 12 heteroatoms. The number of hydrogen-bond donors (Lipinski definition) is 2. The van der Waals surface area contributed by atoms with Gasteiger partial charge in [0.15, 0.2) is 17.3 Å². The molecule has 1 aliphatic rings. The molecule has 1 aliphatic heterocycles. The van der Waals surface area contributed by atoms with Gasteiger partial charge in [0, 0.05) is 60.3 Å². The van der Waals surface area contributed by atoms with Gasteiger partial charge < -0.3 is 24.2 Å². The summed E-state index contributed by atoms with van der Waals surface area (Å²) in [5.74, 6) is 1.69. The van der Waals surface area contributed by atoms with Gasteiger partial charge in [-0.3, -0.25) is 10.2 Å². The molecule has 0 radical (unpaired) electrons. The number of hydrogen-bond acceptors (Lipinski definition) is 10. The molecule has 2 amide bonds. The van der Waals surface area contributed by atoms with E-state index in [4.69, 9.17) is 14.0 Å². The molecular formula is C30H37N7O4S. The van der Waals surface area contributed by atoms with Crippen LogP contribution in [-0.4, -0.2) is 84.4 Å². The molecule has 0 saturated carbocycles. The van der Waals surface area contributed by atoms with Gasteiger partial charge in [-0.1, -0.05) is 43.8 Å². The van der Waals surface area contributed by atoms with E-state index in [1.807, 2.05) is 57.2 Å². The first-order chi connectivity index (χ1) is 20.2. The summed E-state index contributed by atoms with van der Waals surface area (Å²) in [6.07, 6.45) is 3.09. The van der Waals surface area contributed by atoms with Gasteiger partial charge in [0.05, 0.1) is 12.6 Å². The first kappa shape index (κ1) is 29.6. The maximum absolute atomic E-state index is 12.7. The van der Waals surface area contributed by atoms with Crippen LogP contribution in [0.4, 0.5) is 16.3 Å². The van der Waals surface area contributed by atoms with Crippen LogP contribution in [-0.2, 0) is 5.41 Å². The number of nitrogens with zero attached hydrogens (tertiary/aromatic N) is 5. The first-order valence-electron chi connectivity index (χ1n) is 13.9. The van der Waals surface area contributed by atoms with Crippen LogP contribution in [0.5, 0.6) is 11.5 Å². The van der Waals surface area contributed by atoms with Crippen molar-refractivity contribution in [2.45, 2.75) is 36.1 Å². The first-order valence-corrected chi connectivity index (χ1v) is 14.7. The number of piperazine rings is 1. The Morgan fingerprint density at radius 2 is 1.88 bits per heavy atom. The molecule has 2 N–H and O–H groups in total. The molecule has 0 bridgehead atoms. The molecule has 0 unspecified atom stereocenters.